The number of hydrogen-bond donors (Lipinski definition) is 3. The molecule has 4 N–H and O–H groups in total. The highest BCUT2D eigenvalue weighted by Crippen LogP contribution is 2.61. The fourth-order valence-corrected chi connectivity index (χ4v) is 8.07. The molecule has 2 aliphatic heterocycles. The van der Waals surface area contributed by atoms with Crippen LogP contribution in [0.15, 0.2) is 12.7 Å². The highest BCUT2D eigenvalue weighted by atomic mass is 31.3. The van der Waals surface area contributed by atoms with Crippen molar-refractivity contribution in [1.82, 2.24) is 19.5 Å². The van der Waals surface area contributed by atoms with Crippen LogP contribution in [-0.2, 0) is 89.1 Å². The maximum absolute atomic E-state index is 13.5. The Labute approximate surface area is 335 Å². The molecule has 4 rings (SSSR count). The molecule has 2 aromatic heterocycles. The number of hydrogen-bond acceptors (Lipinski definition) is 23. The van der Waals surface area contributed by atoms with Crippen LogP contribution in [0.25, 0.3) is 11.2 Å². The summed E-state index contributed by atoms with van der Waals surface area (Å²) in [7, 11) is -11.6. The Morgan fingerprint density at radius 1 is 0.847 bits per heavy atom. The molecule has 59 heavy (non-hydrogen) atoms. The number of phosphoric acid groups is 2. The van der Waals surface area contributed by atoms with E-state index >= 15 is 0 Å². The van der Waals surface area contributed by atoms with Crippen LogP contribution >= 0.6 is 15.6 Å². The molecule has 330 valence electrons. The molecular formula is C31H45N5O21P2. The zero-order valence-corrected chi connectivity index (χ0v) is 34.7. The Bertz CT molecular complexity index is 1960. The summed E-state index contributed by atoms with van der Waals surface area (Å²) in [4.78, 5) is 93.4. The van der Waals surface area contributed by atoms with E-state index in [4.69, 9.17) is 57.4 Å². The monoisotopic (exact) mass is 885 g/mol. The lowest BCUT2D eigenvalue weighted by molar-refractivity contribution is -0.242. The molecule has 2 aromatic rings. The van der Waals surface area contributed by atoms with Crippen molar-refractivity contribution in [3.63, 3.8) is 0 Å². The summed E-state index contributed by atoms with van der Waals surface area (Å²) in [6, 6.07) is 0. The molecule has 26 nitrogen and oxygen atoms in total. The Balaban J connectivity index is 1.60. The molecule has 0 aliphatic carbocycles. The summed E-state index contributed by atoms with van der Waals surface area (Å²) in [5, 5.41) is 0. The van der Waals surface area contributed by atoms with Crippen molar-refractivity contribution in [3.8, 4) is 0 Å². The van der Waals surface area contributed by atoms with E-state index < -0.39 is 126 Å². The standard InChI is InChI=1S/C31H45N5O21P2/c1-14(49-17(4)39)24(20(50-18(5)40)9-46-15(2)37)53-30(22(51-19(6)41)10-47-16(3)38)56-59(44,45)57-58(42,43)48-11-21-25-26(55-31(7,8)54-25)29(52-21)36-13-35-23-27(32)33-12-34-28(23)36/h12-14,20-22,24-26,29-30H,9-11H2,1-8H3,(H,42,43)(H,44,45)(H2,32,33,34)/t14-,20+,21?,22+,24?,25?,26?,29?,30?/m0/s1. The molecular weight excluding hydrogens is 840 g/mol. The number of carbonyl (C=O) groups is 5. The minimum Gasteiger partial charge on any atom is -0.462 e. The minimum absolute atomic E-state index is 0.0833. The lowest BCUT2D eigenvalue weighted by Gasteiger charge is -2.35. The number of phosphoric ester groups is 2. The van der Waals surface area contributed by atoms with Gasteiger partial charge in [-0.25, -0.2) is 24.1 Å². The zero-order chi connectivity index (χ0) is 44.0. The van der Waals surface area contributed by atoms with Crippen LogP contribution in [0.5, 0.6) is 0 Å². The number of ether oxygens (including phenoxy) is 9. The highest BCUT2D eigenvalue weighted by molar-refractivity contribution is 7.61. The van der Waals surface area contributed by atoms with E-state index in [0.29, 0.717) is 0 Å². The summed E-state index contributed by atoms with van der Waals surface area (Å²) < 4.78 is 92.3. The molecule has 0 amide bonds. The molecule has 0 spiro atoms. The molecule has 0 saturated carbocycles. The SMILES string of the molecule is CC(=O)OC[C@@H](OC(C)=O)C(OC([C@H](C)OC(C)=O)[C@@H](COC(C)=O)OC(C)=O)OP(=O)(O)OP(=O)(O)OCC1OC(n2cnc3c(N)ncnc32)C2OC(C)(C)OC12. The van der Waals surface area contributed by atoms with Gasteiger partial charge < -0.3 is 58.2 Å². The number of nitrogen functional groups attached to an aromatic ring is 1. The normalized spacial score (nSPS) is 24.3. The van der Waals surface area contributed by atoms with Gasteiger partial charge in [0, 0.05) is 34.6 Å². The third-order valence-corrected chi connectivity index (χ3v) is 10.5. The summed E-state index contributed by atoms with van der Waals surface area (Å²) in [6.07, 6.45) is -10.8. The summed E-state index contributed by atoms with van der Waals surface area (Å²) in [5.74, 6) is -5.83. The first-order valence-electron chi connectivity index (χ1n) is 17.4. The second kappa shape index (κ2) is 19.5. The van der Waals surface area contributed by atoms with Crippen LogP contribution in [0.1, 0.15) is 61.6 Å². The van der Waals surface area contributed by atoms with E-state index in [9.17, 15) is 42.9 Å². The Kier molecular flexibility index (Phi) is 15.7. The first-order chi connectivity index (χ1) is 27.4. The maximum Gasteiger partial charge on any atom is 0.483 e. The van der Waals surface area contributed by atoms with E-state index in [-0.39, 0.29) is 17.0 Å². The fourth-order valence-electron chi connectivity index (χ4n) is 5.90. The van der Waals surface area contributed by atoms with Gasteiger partial charge in [0.05, 0.1) is 12.9 Å². The van der Waals surface area contributed by atoms with Crippen molar-refractivity contribution in [2.24, 2.45) is 0 Å². The highest BCUT2D eigenvalue weighted by Gasteiger charge is 2.57. The summed E-state index contributed by atoms with van der Waals surface area (Å²) in [5.41, 5.74) is 6.44. The van der Waals surface area contributed by atoms with Gasteiger partial charge in [-0.15, -0.1) is 0 Å². The number of aromatic nitrogens is 4. The Hall–Kier alpha value is -4.20. The summed E-state index contributed by atoms with van der Waals surface area (Å²) in [6.45, 7) is 6.77. The number of imidazole rings is 1. The zero-order valence-electron chi connectivity index (χ0n) is 32.9. The number of rotatable bonds is 20. The van der Waals surface area contributed by atoms with Crippen molar-refractivity contribution in [2.75, 3.05) is 25.6 Å². The largest absolute Gasteiger partial charge is 0.483 e. The van der Waals surface area contributed by atoms with Crippen molar-refractivity contribution >= 4 is 62.5 Å². The smallest absolute Gasteiger partial charge is 0.462 e. The van der Waals surface area contributed by atoms with E-state index in [0.717, 1.165) is 34.6 Å². The van der Waals surface area contributed by atoms with Gasteiger partial charge in [-0.2, -0.15) is 4.31 Å². The number of nitrogens with two attached hydrogens (primary N) is 1. The number of carbonyl (C=O) groups excluding carboxylic acids is 5. The molecule has 11 atom stereocenters. The molecule has 0 radical (unpaired) electrons. The van der Waals surface area contributed by atoms with Crippen LogP contribution in [-0.4, -0.2) is 134 Å². The van der Waals surface area contributed by atoms with Gasteiger partial charge in [0.1, 0.15) is 55.6 Å². The predicted molar refractivity (Wildman–Crippen MR) is 190 cm³/mol. The van der Waals surface area contributed by atoms with Gasteiger partial charge in [0.25, 0.3) is 0 Å². The molecule has 0 bridgehead atoms. The molecule has 28 heteroatoms. The Morgan fingerprint density at radius 3 is 2.02 bits per heavy atom. The molecule has 2 fully saturated rings. The van der Waals surface area contributed by atoms with Crippen LogP contribution in [0, 0.1) is 0 Å². The van der Waals surface area contributed by atoms with Crippen molar-refractivity contribution < 1.29 is 98.9 Å². The topological polar surface area (TPSA) is 340 Å². The average Bonchev–Trinajstić information content (AvgIpc) is 3.75. The molecule has 8 unspecified atom stereocenters. The first kappa shape index (κ1) is 47.5. The lowest BCUT2D eigenvalue weighted by atomic mass is 10.1. The van der Waals surface area contributed by atoms with Gasteiger partial charge >= 0.3 is 45.5 Å². The van der Waals surface area contributed by atoms with Crippen molar-refractivity contribution in [1.29, 1.82) is 0 Å². The van der Waals surface area contributed by atoms with Crippen LogP contribution in [0.4, 0.5) is 5.82 Å². The van der Waals surface area contributed by atoms with Gasteiger partial charge in [0.2, 0.25) is 6.29 Å². The Morgan fingerprint density at radius 2 is 1.42 bits per heavy atom. The number of nitrogens with zero attached hydrogens (tertiary/aromatic N) is 4. The lowest BCUT2D eigenvalue weighted by Crippen LogP contribution is -2.50. The number of esters is 5. The van der Waals surface area contributed by atoms with E-state index in [2.05, 4.69) is 19.3 Å². The van der Waals surface area contributed by atoms with Crippen LogP contribution in [0.2, 0.25) is 0 Å². The van der Waals surface area contributed by atoms with Crippen molar-refractivity contribution in [2.45, 2.75) is 116 Å². The summed E-state index contributed by atoms with van der Waals surface area (Å²) >= 11 is 0. The van der Waals surface area contributed by atoms with E-state index in [1.165, 1.54) is 24.1 Å². The predicted octanol–water partition coefficient (Wildman–Crippen LogP) is 0.729. The number of fused-ring (bicyclic) bond motifs is 2. The van der Waals surface area contributed by atoms with E-state index in [1.54, 1.807) is 13.8 Å². The second-order valence-electron chi connectivity index (χ2n) is 13.3. The minimum atomic E-state index is -5.94. The average molecular weight is 886 g/mol. The van der Waals surface area contributed by atoms with E-state index in [1.807, 2.05) is 0 Å². The first-order valence-corrected chi connectivity index (χ1v) is 20.4. The van der Waals surface area contributed by atoms with Gasteiger partial charge in [-0.1, -0.05) is 0 Å². The second-order valence-corrected chi connectivity index (χ2v) is 16.3. The fraction of sp³-hybridized carbons (Fsp3) is 0.677. The third-order valence-electron chi connectivity index (χ3n) is 7.94. The van der Waals surface area contributed by atoms with Gasteiger partial charge in [0.15, 0.2) is 35.7 Å². The third kappa shape index (κ3) is 13.4. The van der Waals surface area contributed by atoms with Crippen molar-refractivity contribution in [3.05, 3.63) is 12.7 Å². The maximum atomic E-state index is 13.5. The molecule has 0 aromatic carbocycles. The van der Waals surface area contributed by atoms with Gasteiger partial charge in [-0.05, 0) is 20.8 Å². The molecule has 2 saturated heterocycles. The molecule has 4 heterocycles. The van der Waals surface area contributed by atoms with Crippen LogP contribution in [0.3, 0.4) is 0 Å². The number of anilines is 1. The molecule has 2 aliphatic rings. The quantitative estimate of drug-likeness (QED) is 0.0714. The van der Waals surface area contributed by atoms with Gasteiger partial charge in [-0.3, -0.25) is 37.6 Å². The van der Waals surface area contributed by atoms with Crippen LogP contribution < -0.4 is 5.73 Å².